The second kappa shape index (κ2) is 14.6. The maximum atomic E-state index is 10.2. The van der Waals surface area contributed by atoms with Crippen molar-refractivity contribution in [2.75, 3.05) is 0 Å². The third-order valence-electron chi connectivity index (χ3n) is 4.05. The first-order chi connectivity index (χ1) is 10.9. The van der Waals surface area contributed by atoms with E-state index in [2.05, 4.69) is 42.5 Å². The van der Waals surface area contributed by atoms with Gasteiger partial charge in [-0.2, -0.15) is 0 Å². The predicted octanol–water partition coefficient (Wildman–Crippen LogP) is 6.58. The van der Waals surface area contributed by atoms with E-state index in [0.717, 1.165) is 19.1 Å². The molecule has 122 valence electrons. The maximum Gasteiger partial charge on any atom is 0.119 e. The number of carbonyl (C=O) groups excluding carboxylic acids is 1. The highest BCUT2D eigenvalue weighted by atomic mass is 16.1. The third kappa shape index (κ3) is 11.3. The van der Waals surface area contributed by atoms with Crippen molar-refractivity contribution in [3.63, 3.8) is 0 Å². The van der Waals surface area contributed by atoms with Crippen LogP contribution in [-0.4, -0.2) is 6.29 Å². The molecule has 0 saturated carbocycles. The molecule has 0 unspecified atom stereocenters. The molecular weight excluding hydrogens is 268 g/mol. The van der Waals surface area contributed by atoms with Crippen LogP contribution in [0.5, 0.6) is 0 Å². The van der Waals surface area contributed by atoms with Crippen molar-refractivity contribution in [1.29, 1.82) is 0 Å². The Morgan fingerprint density at radius 3 is 1.68 bits per heavy atom. The number of benzene rings is 1. The molecule has 1 rings (SSSR count). The fourth-order valence-electron chi connectivity index (χ4n) is 2.69. The summed E-state index contributed by atoms with van der Waals surface area (Å²) >= 11 is 0. The monoisotopic (exact) mass is 300 g/mol. The highest BCUT2D eigenvalue weighted by Crippen LogP contribution is 2.12. The molecule has 0 aliphatic carbocycles. The van der Waals surface area contributed by atoms with E-state index in [-0.39, 0.29) is 0 Å². The second-order valence-electron chi connectivity index (χ2n) is 6.09. The molecule has 0 saturated heterocycles. The zero-order valence-electron chi connectivity index (χ0n) is 14.0. The van der Waals surface area contributed by atoms with E-state index >= 15 is 0 Å². The predicted molar refractivity (Wildman–Crippen MR) is 96.9 cm³/mol. The van der Waals surface area contributed by atoms with Crippen LogP contribution < -0.4 is 0 Å². The molecule has 0 aliphatic heterocycles. The van der Waals surface area contributed by atoms with Crippen LogP contribution in [0.4, 0.5) is 0 Å². The Bertz CT molecular complexity index is 380. The van der Waals surface area contributed by atoms with E-state index in [1.165, 1.54) is 69.8 Å². The topological polar surface area (TPSA) is 17.1 Å². The van der Waals surface area contributed by atoms with Gasteiger partial charge in [0.1, 0.15) is 6.29 Å². The summed E-state index contributed by atoms with van der Waals surface area (Å²) in [4.78, 5) is 10.2. The SMILES string of the molecule is O=CCCCCCCCCCCCC/C=C/c1ccccc1. The maximum absolute atomic E-state index is 10.2. The van der Waals surface area contributed by atoms with Crippen molar-refractivity contribution >= 4 is 12.4 Å². The minimum absolute atomic E-state index is 0.749. The average molecular weight is 300 g/mol. The Kier molecular flexibility index (Phi) is 12.4. The Morgan fingerprint density at radius 1 is 0.636 bits per heavy atom. The zero-order chi connectivity index (χ0) is 15.7. The van der Waals surface area contributed by atoms with Crippen molar-refractivity contribution in [3.05, 3.63) is 42.0 Å². The third-order valence-corrected chi connectivity index (χ3v) is 4.05. The Hall–Kier alpha value is -1.37. The van der Waals surface area contributed by atoms with Gasteiger partial charge in [0.25, 0.3) is 0 Å². The molecule has 1 nitrogen and oxygen atoms in total. The van der Waals surface area contributed by atoms with Crippen LogP contribution in [0.3, 0.4) is 0 Å². The van der Waals surface area contributed by atoms with Gasteiger partial charge in [0.15, 0.2) is 0 Å². The molecule has 0 aromatic heterocycles. The quantitative estimate of drug-likeness (QED) is 0.280. The van der Waals surface area contributed by atoms with Gasteiger partial charge in [0.2, 0.25) is 0 Å². The lowest BCUT2D eigenvalue weighted by atomic mass is 10.1. The lowest BCUT2D eigenvalue weighted by molar-refractivity contribution is -0.107. The lowest BCUT2D eigenvalue weighted by Crippen LogP contribution is -1.82. The average Bonchev–Trinajstić information content (AvgIpc) is 2.56. The summed E-state index contributed by atoms with van der Waals surface area (Å²) in [5.74, 6) is 0. The smallest absolute Gasteiger partial charge is 0.119 e. The summed E-state index contributed by atoms with van der Waals surface area (Å²) in [5, 5.41) is 0. The van der Waals surface area contributed by atoms with Crippen LogP contribution in [0.15, 0.2) is 36.4 Å². The molecule has 1 heteroatoms. The summed E-state index contributed by atoms with van der Waals surface area (Å²) in [6, 6.07) is 10.5. The molecule has 22 heavy (non-hydrogen) atoms. The summed E-state index contributed by atoms with van der Waals surface area (Å²) in [7, 11) is 0. The standard InChI is InChI=1S/C21H32O/c22-20-16-11-9-7-5-3-1-2-4-6-8-10-13-17-21-18-14-12-15-19-21/h12-15,17-20H,1-11,16H2/b17-13+. The molecule has 1 aromatic carbocycles. The highest BCUT2D eigenvalue weighted by Gasteiger charge is 1.93. The van der Waals surface area contributed by atoms with Gasteiger partial charge >= 0.3 is 0 Å². The van der Waals surface area contributed by atoms with Crippen LogP contribution in [0.25, 0.3) is 6.08 Å². The summed E-state index contributed by atoms with van der Waals surface area (Å²) in [6.45, 7) is 0. The molecule has 0 N–H and O–H groups in total. The molecule has 0 heterocycles. The van der Waals surface area contributed by atoms with E-state index in [1.54, 1.807) is 0 Å². The summed E-state index contributed by atoms with van der Waals surface area (Å²) < 4.78 is 0. The first kappa shape index (κ1) is 18.7. The van der Waals surface area contributed by atoms with Crippen LogP contribution in [-0.2, 0) is 4.79 Å². The fourth-order valence-corrected chi connectivity index (χ4v) is 2.69. The number of allylic oxidation sites excluding steroid dienone is 1. The first-order valence-electron chi connectivity index (χ1n) is 9.08. The van der Waals surface area contributed by atoms with Gasteiger partial charge in [0, 0.05) is 6.42 Å². The van der Waals surface area contributed by atoms with Gasteiger partial charge in [-0.15, -0.1) is 0 Å². The van der Waals surface area contributed by atoms with Crippen molar-refractivity contribution in [3.8, 4) is 0 Å². The highest BCUT2D eigenvalue weighted by molar-refractivity contribution is 5.49. The number of rotatable bonds is 14. The fraction of sp³-hybridized carbons (Fsp3) is 0.571. The van der Waals surface area contributed by atoms with E-state index in [0.29, 0.717) is 0 Å². The molecule has 0 aliphatic rings. The number of hydrogen-bond donors (Lipinski definition) is 0. The molecule has 0 amide bonds. The van der Waals surface area contributed by atoms with E-state index in [1.807, 2.05) is 0 Å². The van der Waals surface area contributed by atoms with Gasteiger partial charge in [-0.25, -0.2) is 0 Å². The van der Waals surface area contributed by atoms with Gasteiger partial charge in [-0.3, -0.25) is 0 Å². The van der Waals surface area contributed by atoms with Crippen LogP contribution in [0.2, 0.25) is 0 Å². The molecule has 0 fully saturated rings. The Balaban J connectivity index is 1.80. The van der Waals surface area contributed by atoms with Crippen molar-refractivity contribution in [2.45, 2.75) is 77.0 Å². The molecular formula is C21H32O. The molecule has 0 atom stereocenters. The normalized spacial score (nSPS) is 11.1. The Morgan fingerprint density at radius 2 is 1.14 bits per heavy atom. The molecule has 0 bridgehead atoms. The minimum Gasteiger partial charge on any atom is -0.303 e. The van der Waals surface area contributed by atoms with E-state index < -0.39 is 0 Å². The number of aldehydes is 1. The number of carbonyl (C=O) groups is 1. The van der Waals surface area contributed by atoms with Crippen molar-refractivity contribution < 1.29 is 4.79 Å². The molecule has 1 aromatic rings. The zero-order valence-corrected chi connectivity index (χ0v) is 14.0. The molecule has 0 spiro atoms. The van der Waals surface area contributed by atoms with Crippen molar-refractivity contribution in [1.82, 2.24) is 0 Å². The minimum atomic E-state index is 0.749. The summed E-state index contributed by atoms with van der Waals surface area (Å²) in [5.41, 5.74) is 1.30. The number of hydrogen-bond acceptors (Lipinski definition) is 1. The first-order valence-corrected chi connectivity index (χ1v) is 9.08. The summed E-state index contributed by atoms with van der Waals surface area (Å²) in [6.07, 6.45) is 20.7. The second-order valence-corrected chi connectivity index (χ2v) is 6.09. The van der Waals surface area contributed by atoms with E-state index in [4.69, 9.17) is 0 Å². The van der Waals surface area contributed by atoms with Gasteiger partial charge in [0.05, 0.1) is 0 Å². The van der Waals surface area contributed by atoms with Gasteiger partial charge in [-0.1, -0.05) is 93.9 Å². The Labute approximate surface area is 136 Å². The van der Waals surface area contributed by atoms with Crippen molar-refractivity contribution in [2.24, 2.45) is 0 Å². The van der Waals surface area contributed by atoms with Crippen LogP contribution in [0, 0.1) is 0 Å². The van der Waals surface area contributed by atoms with Gasteiger partial charge < -0.3 is 4.79 Å². The lowest BCUT2D eigenvalue weighted by Gasteiger charge is -2.01. The van der Waals surface area contributed by atoms with Crippen LogP contribution in [0.1, 0.15) is 82.6 Å². The van der Waals surface area contributed by atoms with Crippen LogP contribution >= 0.6 is 0 Å². The molecule has 0 radical (unpaired) electrons. The van der Waals surface area contributed by atoms with E-state index in [9.17, 15) is 4.79 Å². The van der Waals surface area contributed by atoms with Gasteiger partial charge in [-0.05, 0) is 24.8 Å². The number of unbranched alkanes of at least 4 members (excludes halogenated alkanes) is 11. The largest absolute Gasteiger partial charge is 0.303 e.